The number of hydrogen-bond acceptors (Lipinski definition) is 2. The molecule has 1 aromatic carbocycles. The van der Waals surface area contributed by atoms with Crippen molar-refractivity contribution < 1.29 is 0 Å². The van der Waals surface area contributed by atoms with Crippen LogP contribution in [0.25, 0.3) is 0 Å². The highest BCUT2D eigenvalue weighted by Crippen LogP contribution is 2.20. The van der Waals surface area contributed by atoms with Crippen LogP contribution in [0.15, 0.2) is 24.3 Å². The molecule has 0 bridgehead atoms. The first kappa shape index (κ1) is 16.5. The highest BCUT2D eigenvalue weighted by molar-refractivity contribution is 5.25. The quantitative estimate of drug-likeness (QED) is 0.809. The maximum absolute atomic E-state index is 2.64. The van der Waals surface area contributed by atoms with Crippen LogP contribution < -0.4 is 0 Å². The molecule has 0 amide bonds. The molecule has 1 aliphatic heterocycles. The van der Waals surface area contributed by atoms with Crippen molar-refractivity contribution in [3.8, 4) is 0 Å². The molecule has 0 aliphatic carbocycles. The topological polar surface area (TPSA) is 6.48 Å². The Kier molecular flexibility index (Phi) is 5.83. The summed E-state index contributed by atoms with van der Waals surface area (Å²) in [4.78, 5) is 5.28. The van der Waals surface area contributed by atoms with Gasteiger partial charge in [-0.05, 0) is 29.5 Å². The minimum absolute atomic E-state index is 0.616. The monoisotopic (exact) mass is 288 g/mol. The molecule has 1 atom stereocenters. The summed E-state index contributed by atoms with van der Waals surface area (Å²) in [5.74, 6) is 1.35. The molecule has 2 rings (SSSR count). The Morgan fingerprint density at radius 2 is 1.90 bits per heavy atom. The van der Waals surface area contributed by atoms with Gasteiger partial charge in [-0.2, -0.15) is 0 Å². The lowest BCUT2D eigenvalue weighted by Gasteiger charge is -2.43. The van der Waals surface area contributed by atoms with Crippen molar-refractivity contribution in [1.29, 1.82) is 0 Å². The zero-order chi connectivity index (χ0) is 15.4. The van der Waals surface area contributed by atoms with E-state index in [0.717, 1.165) is 12.5 Å². The smallest absolute Gasteiger partial charge is 0.0246 e. The van der Waals surface area contributed by atoms with E-state index in [-0.39, 0.29) is 0 Å². The van der Waals surface area contributed by atoms with E-state index in [9.17, 15) is 0 Å². The summed E-state index contributed by atoms with van der Waals surface area (Å²) in [5, 5.41) is 0. The van der Waals surface area contributed by atoms with Crippen LogP contribution in [0.1, 0.15) is 51.7 Å². The average molecular weight is 288 g/mol. The van der Waals surface area contributed by atoms with Crippen LogP contribution in [-0.2, 0) is 6.54 Å². The van der Waals surface area contributed by atoms with E-state index in [2.05, 4.69) is 68.7 Å². The molecule has 0 radical (unpaired) electrons. The Labute approximate surface area is 131 Å². The summed E-state index contributed by atoms with van der Waals surface area (Å²) < 4.78 is 0. The van der Waals surface area contributed by atoms with E-state index < -0.39 is 0 Å². The minimum Gasteiger partial charge on any atom is -0.298 e. The molecular weight excluding hydrogens is 256 g/mol. The summed E-state index contributed by atoms with van der Waals surface area (Å²) in [5.41, 5.74) is 2.92. The molecular formula is C19H32N2. The van der Waals surface area contributed by atoms with Gasteiger partial charge in [-0.25, -0.2) is 0 Å². The lowest BCUT2D eigenvalue weighted by molar-refractivity contribution is 0.0500. The van der Waals surface area contributed by atoms with Gasteiger partial charge >= 0.3 is 0 Å². The number of nitrogens with zero attached hydrogens (tertiary/aromatic N) is 2. The fourth-order valence-electron chi connectivity index (χ4n) is 3.38. The van der Waals surface area contributed by atoms with Gasteiger partial charge in [0.05, 0.1) is 0 Å². The first-order valence-electron chi connectivity index (χ1n) is 8.56. The number of benzene rings is 1. The van der Waals surface area contributed by atoms with Gasteiger partial charge in [0.25, 0.3) is 0 Å². The molecule has 1 saturated heterocycles. The minimum atomic E-state index is 0.616. The first-order chi connectivity index (χ1) is 10.0. The molecule has 21 heavy (non-hydrogen) atoms. The van der Waals surface area contributed by atoms with Crippen molar-refractivity contribution in [1.82, 2.24) is 9.80 Å². The molecule has 0 spiro atoms. The normalized spacial score (nSPS) is 21.4. The largest absolute Gasteiger partial charge is 0.298 e. The molecule has 0 aromatic heterocycles. The Hall–Kier alpha value is -0.860. The van der Waals surface area contributed by atoms with E-state index in [1.165, 1.54) is 37.3 Å². The van der Waals surface area contributed by atoms with Gasteiger partial charge in [0, 0.05) is 32.2 Å². The van der Waals surface area contributed by atoms with Crippen LogP contribution in [0.3, 0.4) is 0 Å². The second-order valence-corrected chi connectivity index (χ2v) is 7.07. The Morgan fingerprint density at radius 3 is 2.52 bits per heavy atom. The summed E-state index contributed by atoms with van der Waals surface area (Å²) in [6.07, 6.45) is 0. The predicted octanol–water partition coefficient (Wildman–Crippen LogP) is 3.97. The Bertz CT molecular complexity index is 439. The summed E-state index contributed by atoms with van der Waals surface area (Å²) in [6, 6.07) is 9.84. The van der Waals surface area contributed by atoms with E-state index in [1.807, 2.05) is 0 Å². The lowest BCUT2D eigenvalue weighted by atomic mass is 9.98. The predicted molar refractivity (Wildman–Crippen MR) is 91.7 cm³/mol. The zero-order valence-electron chi connectivity index (χ0n) is 14.5. The van der Waals surface area contributed by atoms with Crippen LogP contribution in [-0.4, -0.2) is 42.0 Å². The van der Waals surface area contributed by atoms with Gasteiger partial charge in [-0.3, -0.25) is 9.80 Å². The van der Waals surface area contributed by atoms with Crippen LogP contribution in [0.4, 0.5) is 0 Å². The molecule has 0 N–H and O–H groups in total. The second kappa shape index (κ2) is 7.42. The molecule has 0 saturated carbocycles. The van der Waals surface area contributed by atoms with Gasteiger partial charge in [0.2, 0.25) is 0 Å². The number of rotatable bonds is 5. The Balaban J connectivity index is 2.01. The summed E-state index contributed by atoms with van der Waals surface area (Å²) >= 11 is 0. The van der Waals surface area contributed by atoms with Crippen molar-refractivity contribution in [2.24, 2.45) is 5.92 Å². The first-order valence-corrected chi connectivity index (χ1v) is 8.56. The van der Waals surface area contributed by atoms with Gasteiger partial charge in [-0.15, -0.1) is 0 Å². The van der Waals surface area contributed by atoms with Gasteiger partial charge in [0.1, 0.15) is 0 Å². The maximum atomic E-state index is 2.64. The number of piperazine rings is 1. The van der Waals surface area contributed by atoms with E-state index in [0.29, 0.717) is 12.0 Å². The maximum Gasteiger partial charge on any atom is 0.0246 e. The highest BCUT2D eigenvalue weighted by Gasteiger charge is 2.27. The van der Waals surface area contributed by atoms with E-state index >= 15 is 0 Å². The third-order valence-electron chi connectivity index (χ3n) is 4.82. The van der Waals surface area contributed by atoms with E-state index in [4.69, 9.17) is 0 Å². The van der Waals surface area contributed by atoms with Crippen molar-refractivity contribution in [2.75, 3.05) is 26.2 Å². The Morgan fingerprint density at radius 1 is 1.14 bits per heavy atom. The average Bonchev–Trinajstić information content (AvgIpc) is 2.47. The molecule has 1 heterocycles. The summed E-state index contributed by atoms with van der Waals surface area (Å²) in [7, 11) is 0. The number of likely N-dealkylation sites (N-methyl/N-ethyl adjacent to an activating group) is 1. The standard InChI is InChI=1S/C19H32N2/c1-6-21-11-10-20(14-19(21)16(4)5)13-17-8-7-9-18(12-17)15(2)3/h7-9,12,15-16,19H,6,10-11,13-14H2,1-5H3/t19-/m0/s1. The molecule has 118 valence electrons. The van der Waals surface area contributed by atoms with Crippen LogP contribution in [0.5, 0.6) is 0 Å². The molecule has 2 heteroatoms. The highest BCUT2D eigenvalue weighted by atomic mass is 15.3. The van der Waals surface area contributed by atoms with Gasteiger partial charge in [-0.1, -0.05) is 58.9 Å². The fraction of sp³-hybridized carbons (Fsp3) is 0.684. The van der Waals surface area contributed by atoms with Crippen molar-refractivity contribution >= 4 is 0 Å². The fourth-order valence-corrected chi connectivity index (χ4v) is 3.38. The number of hydrogen-bond donors (Lipinski definition) is 0. The zero-order valence-corrected chi connectivity index (χ0v) is 14.5. The molecule has 1 aromatic rings. The second-order valence-electron chi connectivity index (χ2n) is 7.07. The van der Waals surface area contributed by atoms with Gasteiger partial charge < -0.3 is 0 Å². The molecule has 2 nitrogen and oxygen atoms in total. The third-order valence-corrected chi connectivity index (χ3v) is 4.82. The van der Waals surface area contributed by atoms with Crippen LogP contribution in [0, 0.1) is 5.92 Å². The van der Waals surface area contributed by atoms with Crippen molar-refractivity contribution in [3.05, 3.63) is 35.4 Å². The molecule has 1 fully saturated rings. The molecule has 1 aliphatic rings. The third kappa shape index (κ3) is 4.31. The van der Waals surface area contributed by atoms with Crippen LogP contribution >= 0.6 is 0 Å². The van der Waals surface area contributed by atoms with Crippen molar-refractivity contribution in [3.63, 3.8) is 0 Å². The van der Waals surface area contributed by atoms with Crippen LogP contribution in [0.2, 0.25) is 0 Å². The SMILES string of the molecule is CCN1CCN(Cc2cccc(C(C)C)c2)C[C@H]1C(C)C. The molecule has 0 unspecified atom stereocenters. The summed E-state index contributed by atoms with van der Waals surface area (Å²) in [6.45, 7) is 17.4. The lowest BCUT2D eigenvalue weighted by Crippen LogP contribution is -2.54. The van der Waals surface area contributed by atoms with Crippen molar-refractivity contribution in [2.45, 2.75) is 53.1 Å². The van der Waals surface area contributed by atoms with E-state index in [1.54, 1.807) is 0 Å². The van der Waals surface area contributed by atoms with Gasteiger partial charge in [0.15, 0.2) is 0 Å².